The summed E-state index contributed by atoms with van der Waals surface area (Å²) in [6.45, 7) is 6.41. The maximum atomic E-state index is 10.9. The minimum Gasteiger partial charge on any atom is -0.390 e. The van der Waals surface area contributed by atoms with E-state index in [1.54, 1.807) is 0 Å². The van der Waals surface area contributed by atoms with E-state index in [4.69, 9.17) is 4.74 Å². The van der Waals surface area contributed by atoms with Gasteiger partial charge in [-0.05, 0) is 12.2 Å². The summed E-state index contributed by atoms with van der Waals surface area (Å²) in [5, 5.41) is 18.7. The summed E-state index contributed by atoms with van der Waals surface area (Å²) in [6.07, 6.45) is 0.267. The largest absolute Gasteiger partial charge is 0.390 e. The maximum Gasteiger partial charge on any atom is 0.157 e. The van der Waals surface area contributed by atoms with Gasteiger partial charge >= 0.3 is 0 Å². The number of allylic oxidation sites excluding steroid dienone is 2. The second kappa shape index (κ2) is 8.81. The van der Waals surface area contributed by atoms with Crippen molar-refractivity contribution in [3.8, 4) is 0 Å². The predicted octanol–water partition coefficient (Wildman–Crippen LogP) is 0.0152. The van der Waals surface area contributed by atoms with Gasteiger partial charge in [0.15, 0.2) is 11.6 Å². The van der Waals surface area contributed by atoms with Gasteiger partial charge in [0.05, 0.1) is 25.4 Å². The molecule has 17 heavy (non-hydrogen) atoms. The zero-order valence-electron chi connectivity index (χ0n) is 9.67. The molecule has 0 bridgehead atoms. The number of ketones is 2. The van der Waals surface area contributed by atoms with Crippen molar-refractivity contribution >= 4 is 11.6 Å². The van der Waals surface area contributed by atoms with E-state index in [1.807, 2.05) is 0 Å². The molecular formula is C12H18O5. The monoisotopic (exact) mass is 242 g/mol. The molecule has 5 nitrogen and oxygen atoms in total. The van der Waals surface area contributed by atoms with Gasteiger partial charge in [-0.15, -0.1) is 0 Å². The molecule has 0 radical (unpaired) electrons. The topological polar surface area (TPSA) is 83.8 Å². The fourth-order valence-corrected chi connectivity index (χ4v) is 1.09. The Balaban J connectivity index is 3.68. The third kappa shape index (κ3) is 8.50. The van der Waals surface area contributed by atoms with Gasteiger partial charge in [0.1, 0.15) is 0 Å². The number of ether oxygens (including phenoxy) is 1. The lowest BCUT2D eigenvalue weighted by Gasteiger charge is -2.12. The molecule has 0 aliphatic rings. The van der Waals surface area contributed by atoms with Crippen molar-refractivity contribution in [2.45, 2.75) is 25.0 Å². The number of aliphatic hydroxyl groups is 2. The summed E-state index contributed by atoms with van der Waals surface area (Å²) in [6, 6.07) is 0. The third-order valence-corrected chi connectivity index (χ3v) is 1.95. The fraction of sp³-hybridized carbons (Fsp3) is 0.500. The lowest BCUT2D eigenvalue weighted by molar-refractivity contribution is -0.118. The molecule has 0 aliphatic carbocycles. The highest BCUT2D eigenvalue weighted by atomic mass is 16.5. The molecule has 2 N–H and O–H groups in total. The molecule has 0 rings (SSSR count). The molecule has 0 fully saturated rings. The van der Waals surface area contributed by atoms with Crippen LogP contribution in [-0.4, -0.2) is 47.2 Å². The van der Waals surface area contributed by atoms with Crippen molar-refractivity contribution in [3.63, 3.8) is 0 Å². The van der Waals surface area contributed by atoms with Crippen LogP contribution in [0.5, 0.6) is 0 Å². The Morgan fingerprint density at radius 1 is 1.00 bits per heavy atom. The molecule has 0 aliphatic heterocycles. The molecule has 0 saturated carbocycles. The van der Waals surface area contributed by atoms with Gasteiger partial charge in [0, 0.05) is 12.8 Å². The minimum atomic E-state index is -0.928. The molecule has 0 spiro atoms. The van der Waals surface area contributed by atoms with Crippen LogP contribution >= 0.6 is 0 Å². The molecule has 2 unspecified atom stereocenters. The highest BCUT2D eigenvalue weighted by Gasteiger charge is 2.12. The minimum absolute atomic E-state index is 0.0643. The first-order valence-electron chi connectivity index (χ1n) is 5.24. The second-order valence-electron chi connectivity index (χ2n) is 3.59. The summed E-state index contributed by atoms with van der Waals surface area (Å²) in [7, 11) is 0. The van der Waals surface area contributed by atoms with Gasteiger partial charge in [-0.1, -0.05) is 13.2 Å². The van der Waals surface area contributed by atoms with Crippen LogP contribution in [0, 0.1) is 0 Å². The van der Waals surface area contributed by atoms with Crippen LogP contribution < -0.4 is 0 Å². The van der Waals surface area contributed by atoms with Crippen LogP contribution in [0.15, 0.2) is 25.3 Å². The third-order valence-electron chi connectivity index (χ3n) is 1.95. The lowest BCUT2D eigenvalue weighted by atomic mass is 10.2. The van der Waals surface area contributed by atoms with E-state index in [1.165, 1.54) is 0 Å². The van der Waals surface area contributed by atoms with E-state index in [0.29, 0.717) is 0 Å². The molecule has 5 heteroatoms. The summed E-state index contributed by atoms with van der Waals surface area (Å²) < 4.78 is 4.97. The van der Waals surface area contributed by atoms with Crippen LogP contribution in [0.3, 0.4) is 0 Å². The van der Waals surface area contributed by atoms with Crippen molar-refractivity contribution in [1.82, 2.24) is 0 Å². The molecule has 0 saturated heterocycles. The molecule has 0 aromatic carbocycles. The Labute approximate surface area is 100 Å². The highest BCUT2D eigenvalue weighted by molar-refractivity contribution is 5.89. The Morgan fingerprint density at radius 3 is 1.65 bits per heavy atom. The molecule has 2 atom stereocenters. The van der Waals surface area contributed by atoms with Crippen LogP contribution in [0.2, 0.25) is 0 Å². The zero-order chi connectivity index (χ0) is 13.3. The number of hydrogen-bond donors (Lipinski definition) is 2. The van der Waals surface area contributed by atoms with E-state index >= 15 is 0 Å². The lowest BCUT2D eigenvalue weighted by Crippen LogP contribution is -2.24. The smallest absolute Gasteiger partial charge is 0.157 e. The number of hydrogen-bond acceptors (Lipinski definition) is 5. The van der Waals surface area contributed by atoms with Crippen molar-refractivity contribution in [2.24, 2.45) is 0 Å². The zero-order valence-corrected chi connectivity index (χ0v) is 9.67. The molecule has 0 aromatic heterocycles. The summed E-state index contributed by atoms with van der Waals surface area (Å²) >= 11 is 0. The first kappa shape index (κ1) is 15.7. The van der Waals surface area contributed by atoms with Crippen molar-refractivity contribution < 1.29 is 24.5 Å². The standard InChI is InChI=1S/C12H18O5/c1-3-9(13)5-11(15)7-17-8-12(16)6-10(14)4-2/h3-4,11-12,15-16H,1-2,5-8H2. The van der Waals surface area contributed by atoms with Gasteiger partial charge in [0.25, 0.3) is 0 Å². The molecule has 0 amide bonds. The number of rotatable bonds is 10. The van der Waals surface area contributed by atoms with E-state index in [0.717, 1.165) is 12.2 Å². The quantitative estimate of drug-likeness (QED) is 0.527. The first-order valence-corrected chi connectivity index (χ1v) is 5.24. The Bertz CT molecular complexity index is 257. The van der Waals surface area contributed by atoms with E-state index in [9.17, 15) is 19.8 Å². The number of carbonyl (C=O) groups excluding carboxylic acids is 2. The van der Waals surface area contributed by atoms with Gasteiger partial charge in [-0.2, -0.15) is 0 Å². The average molecular weight is 242 g/mol. The molecule has 0 aromatic rings. The Morgan fingerprint density at radius 2 is 1.35 bits per heavy atom. The van der Waals surface area contributed by atoms with Crippen LogP contribution in [0.4, 0.5) is 0 Å². The first-order chi connectivity index (χ1) is 7.99. The maximum absolute atomic E-state index is 10.9. The van der Waals surface area contributed by atoms with Gasteiger partial charge in [-0.25, -0.2) is 0 Å². The van der Waals surface area contributed by atoms with Crippen LogP contribution in [0.1, 0.15) is 12.8 Å². The Hall–Kier alpha value is -1.30. The summed E-state index contributed by atoms with van der Waals surface area (Å²) in [4.78, 5) is 21.7. The van der Waals surface area contributed by atoms with E-state index < -0.39 is 12.2 Å². The SMILES string of the molecule is C=CC(=O)CC(O)COCC(O)CC(=O)C=C. The molecular weight excluding hydrogens is 224 g/mol. The molecule has 0 heterocycles. The van der Waals surface area contributed by atoms with Crippen molar-refractivity contribution in [1.29, 1.82) is 0 Å². The normalized spacial score (nSPS) is 13.8. The number of aliphatic hydroxyl groups excluding tert-OH is 2. The summed E-state index contributed by atoms with van der Waals surface area (Å²) in [5.41, 5.74) is 0. The predicted molar refractivity (Wildman–Crippen MR) is 62.5 cm³/mol. The molecule has 96 valence electrons. The van der Waals surface area contributed by atoms with Crippen molar-refractivity contribution in [3.05, 3.63) is 25.3 Å². The Kier molecular flexibility index (Phi) is 8.13. The van der Waals surface area contributed by atoms with E-state index in [-0.39, 0.29) is 37.6 Å². The van der Waals surface area contributed by atoms with Gasteiger partial charge in [0.2, 0.25) is 0 Å². The van der Waals surface area contributed by atoms with Crippen molar-refractivity contribution in [2.75, 3.05) is 13.2 Å². The number of carbonyl (C=O) groups is 2. The fourth-order valence-electron chi connectivity index (χ4n) is 1.09. The van der Waals surface area contributed by atoms with Crippen LogP contribution in [0.25, 0.3) is 0 Å². The average Bonchev–Trinajstić information content (AvgIpc) is 2.28. The van der Waals surface area contributed by atoms with Crippen LogP contribution in [-0.2, 0) is 14.3 Å². The summed E-state index contributed by atoms with van der Waals surface area (Å²) in [5.74, 6) is -0.549. The highest BCUT2D eigenvalue weighted by Crippen LogP contribution is 1.99. The second-order valence-corrected chi connectivity index (χ2v) is 3.59. The van der Waals surface area contributed by atoms with Gasteiger partial charge < -0.3 is 14.9 Å². The van der Waals surface area contributed by atoms with E-state index in [2.05, 4.69) is 13.2 Å². The van der Waals surface area contributed by atoms with Gasteiger partial charge in [-0.3, -0.25) is 9.59 Å².